The van der Waals surface area contributed by atoms with Crippen LogP contribution in [0.3, 0.4) is 0 Å². The Balaban J connectivity index is 1.46. The van der Waals surface area contributed by atoms with E-state index >= 15 is 0 Å². The van der Waals surface area contributed by atoms with Crippen LogP contribution in [0.4, 0.5) is 15.2 Å². The highest BCUT2D eigenvalue weighted by Crippen LogP contribution is 2.35. The third-order valence-electron chi connectivity index (χ3n) is 4.24. The van der Waals surface area contributed by atoms with Crippen LogP contribution in [0.2, 0.25) is 5.02 Å². The third kappa shape index (κ3) is 3.34. The van der Waals surface area contributed by atoms with Crippen LogP contribution < -0.4 is 5.32 Å². The van der Waals surface area contributed by atoms with Gasteiger partial charge in [-0.2, -0.15) is 5.10 Å². The van der Waals surface area contributed by atoms with E-state index in [1.165, 1.54) is 29.7 Å². The average molecular weight is 427 g/mol. The molecular formula is C19H12ClFN6OS. The summed E-state index contributed by atoms with van der Waals surface area (Å²) in [6.07, 6.45) is 3.18. The number of hydrogen-bond donors (Lipinski definition) is 2. The first kappa shape index (κ1) is 17.8. The molecule has 0 amide bonds. The minimum absolute atomic E-state index is 0.353. The maximum Gasteiger partial charge on any atom is 0.226 e. The summed E-state index contributed by atoms with van der Waals surface area (Å²) in [6.45, 7) is 1.81. The van der Waals surface area contributed by atoms with E-state index < -0.39 is 5.82 Å². The molecule has 3 aromatic heterocycles. The number of benzene rings is 2. The molecule has 5 aromatic rings. The standard InChI is InChI=1S/C19H12ClFN6OS/c1-9-8-28-17(23-9)10-4-11(6-12(21)5-10)18-26-27-19(29-18)24-15-3-2-14-13(16(15)20)7-22-25-14/h2-8H,1H3,(H,22,25)(H,24,27). The Hall–Kier alpha value is -3.30. The zero-order chi connectivity index (χ0) is 20.0. The SMILES string of the molecule is Cc1coc(-c2cc(F)cc(-c3nnc(Nc4ccc5[nH]ncc5c4Cl)s3)c2)n1. The highest BCUT2D eigenvalue weighted by molar-refractivity contribution is 7.18. The summed E-state index contributed by atoms with van der Waals surface area (Å²) in [7, 11) is 0. The molecule has 0 spiro atoms. The van der Waals surface area contributed by atoms with Crippen molar-refractivity contribution in [1.82, 2.24) is 25.4 Å². The van der Waals surface area contributed by atoms with E-state index in [-0.39, 0.29) is 0 Å². The number of rotatable bonds is 4. The van der Waals surface area contributed by atoms with E-state index in [1.807, 2.05) is 19.1 Å². The summed E-state index contributed by atoms with van der Waals surface area (Å²) in [6, 6.07) is 8.23. The van der Waals surface area contributed by atoms with Gasteiger partial charge in [0.1, 0.15) is 17.1 Å². The number of aromatic amines is 1. The fraction of sp³-hybridized carbons (Fsp3) is 0.0526. The highest BCUT2D eigenvalue weighted by Gasteiger charge is 2.14. The quantitative estimate of drug-likeness (QED) is 0.389. The number of aryl methyl sites for hydroxylation is 1. The third-order valence-corrected chi connectivity index (χ3v) is 5.53. The van der Waals surface area contributed by atoms with Crippen molar-refractivity contribution in [2.45, 2.75) is 6.92 Å². The van der Waals surface area contributed by atoms with Crippen molar-refractivity contribution < 1.29 is 8.81 Å². The van der Waals surface area contributed by atoms with Crippen molar-refractivity contribution in [2.24, 2.45) is 0 Å². The normalized spacial score (nSPS) is 11.3. The number of nitrogens with zero attached hydrogens (tertiary/aromatic N) is 4. The van der Waals surface area contributed by atoms with E-state index in [9.17, 15) is 4.39 Å². The van der Waals surface area contributed by atoms with Crippen molar-refractivity contribution in [1.29, 1.82) is 0 Å². The number of hydrogen-bond acceptors (Lipinski definition) is 7. The molecule has 29 heavy (non-hydrogen) atoms. The summed E-state index contributed by atoms with van der Waals surface area (Å²) >= 11 is 7.72. The molecule has 0 bridgehead atoms. The lowest BCUT2D eigenvalue weighted by molar-refractivity contribution is 0.571. The lowest BCUT2D eigenvalue weighted by Crippen LogP contribution is -1.90. The molecule has 0 saturated carbocycles. The molecule has 7 nitrogen and oxygen atoms in total. The van der Waals surface area contributed by atoms with Gasteiger partial charge in [-0.15, -0.1) is 10.2 Å². The predicted molar refractivity (Wildman–Crippen MR) is 110 cm³/mol. The molecule has 2 aromatic carbocycles. The molecule has 0 aliphatic carbocycles. The van der Waals surface area contributed by atoms with Crippen LogP contribution in [-0.4, -0.2) is 25.4 Å². The van der Waals surface area contributed by atoms with Gasteiger partial charge in [-0.05, 0) is 37.3 Å². The Morgan fingerprint density at radius 3 is 2.86 bits per heavy atom. The van der Waals surface area contributed by atoms with Crippen molar-refractivity contribution in [3.63, 3.8) is 0 Å². The van der Waals surface area contributed by atoms with Crippen LogP contribution in [-0.2, 0) is 0 Å². The lowest BCUT2D eigenvalue weighted by atomic mass is 10.1. The van der Waals surface area contributed by atoms with E-state index in [0.29, 0.717) is 37.9 Å². The number of halogens is 2. The van der Waals surface area contributed by atoms with E-state index in [1.54, 1.807) is 12.3 Å². The van der Waals surface area contributed by atoms with Gasteiger partial charge in [0, 0.05) is 16.5 Å². The number of aromatic nitrogens is 5. The Morgan fingerprint density at radius 2 is 2.03 bits per heavy atom. The maximum absolute atomic E-state index is 14.2. The Kier molecular flexibility index (Phi) is 4.26. The molecule has 2 N–H and O–H groups in total. The number of oxazole rings is 1. The van der Waals surface area contributed by atoms with Gasteiger partial charge in [0.15, 0.2) is 0 Å². The van der Waals surface area contributed by atoms with Gasteiger partial charge in [0.2, 0.25) is 11.0 Å². The number of H-pyrrole nitrogens is 1. The average Bonchev–Trinajstić information content (AvgIpc) is 3.44. The summed E-state index contributed by atoms with van der Waals surface area (Å²) in [5, 5.41) is 20.7. The molecule has 0 atom stereocenters. The van der Waals surface area contributed by atoms with Gasteiger partial charge in [-0.3, -0.25) is 5.10 Å². The summed E-state index contributed by atoms with van der Waals surface area (Å²) in [4.78, 5) is 4.25. The molecule has 0 radical (unpaired) electrons. The first-order valence-corrected chi connectivity index (χ1v) is 9.72. The molecule has 0 unspecified atom stereocenters. The van der Waals surface area contributed by atoms with Gasteiger partial charge < -0.3 is 9.73 Å². The van der Waals surface area contributed by atoms with Crippen LogP contribution in [0.1, 0.15) is 5.69 Å². The first-order valence-electron chi connectivity index (χ1n) is 8.52. The Morgan fingerprint density at radius 1 is 1.17 bits per heavy atom. The minimum Gasteiger partial charge on any atom is -0.444 e. The van der Waals surface area contributed by atoms with Gasteiger partial charge in [-0.25, -0.2) is 9.37 Å². The van der Waals surface area contributed by atoms with Gasteiger partial charge in [0.05, 0.1) is 28.1 Å². The smallest absolute Gasteiger partial charge is 0.226 e. The Labute approximate surface area is 172 Å². The lowest BCUT2D eigenvalue weighted by Gasteiger charge is -2.05. The summed E-state index contributed by atoms with van der Waals surface area (Å²) in [5.41, 5.74) is 3.36. The summed E-state index contributed by atoms with van der Waals surface area (Å²) in [5.74, 6) is -0.0576. The van der Waals surface area contributed by atoms with Crippen LogP contribution in [0.5, 0.6) is 0 Å². The topological polar surface area (TPSA) is 92.5 Å². The van der Waals surface area contributed by atoms with Gasteiger partial charge >= 0.3 is 0 Å². The van der Waals surface area contributed by atoms with Crippen molar-refractivity contribution >= 4 is 44.7 Å². The van der Waals surface area contributed by atoms with Crippen molar-refractivity contribution in [3.8, 4) is 22.0 Å². The van der Waals surface area contributed by atoms with Crippen molar-refractivity contribution in [3.05, 3.63) is 59.3 Å². The highest BCUT2D eigenvalue weighted by atomic mass is 35.5. The predicted octanol–water partition coefficient (Wildman–Crippen LogP) is 5.58. The number of anilines is 2. The second-order valence-corrected chi connectivity index (χ2v) is 7.67. The number of fused-ring (bicyclic) bond motifs is 1. The summed E-state index contributed by atoms with van der Waals surface area (Å²) < 4.78 is 19.6. The molecule has 5 rings (SSSR count). The van der Waals surface area contributed by atoms with Gasteiger partial charge in [-0.1, -0.05) is 22.9 Å². The van der Waals surface area contributed by atoms with Crippen LogP contribution >= 0.6 is 22.9 Å². The molecule has 0 aliphatic rings. The fourth-order valence-corrected chi connectivity index (χ4v) is 3.91. The minimum atomic E-state index is -0.411. The first-order chi connectivity index (χ1) is 14.1. The maximum atomic E-state index is 14.2. The van der Waals surface area contributed by atoms with Crippen LogP contribution in [0, 0.1) is 12.7 Å². The number of nitrogens with one attached hydrogen (secondary N) is 2. The second kappa shape index (κ2) is 6.94. The largest absolute Gasteiger partial charge is 0.444 e. The molecule has 10 heteroatoms. The van der Waals surface area contributed by atoms with E-state index in [0.717, 1.165) is 16.6 Å². The monoisotopic (exact) mass is 426 g/mol. The van der Waals surface area contributed by atoms with E-state index in [4.69, 9.17) is 16.0 Å². The zero-order valence-electron chi connectivity index (χ0n) is 14.9. The molecular weight excluding hydrogens is 415 g/mol. The molecule has 0 aliphatic heterocycles. The van der Waals surface area contributed by atoms with Gasteiger partial charge in [0.25, 0.3) is 0 Å². The Bertz CT molecular complexity index is 1340. The second-order valence-electron chi connectivity index (χ2n) is 6.32. The van der Waals surface area contributed by atoms with Crippen LogP contribution in [0.15, 0.2) is 47.2 Å². The fourth-order valence-electron chi connectivity index (χ4n) is 2.91. The zero-order valence-corrected chi connectivity index (χ0v) is 16.5. The molecule has 0 saturated heterocycles. The molecule has 0 fully saturated rings. The molecule has 144 valence electrons. The van der Waals surface area contributed by atoms with Crippen molar-refractivity contribution in [2.75, 3.05) is 5.32 Å². The van der Waals surface area contributed by atoms with E-state index in [2.05, 4.69) is 30.7 Å². The van der Waals surface area contributed by atoms with Crippen LogP contribution in [0.25, 0.3) is 32.9 Å². The molecule has 3 heterocycles.